The van der Waals surface area contributed by atoms with E-state index in [9.17, 15) is 0 Å². The third-order valence-corrected chi connectivity index (χ3v) is 4.86. The molecule has 1 fully saturated rings. The second-order valence-electron chi connectivity index (χ2n) is 7.01. The van der Waals surface area contributed by atoms with Gasteiger partial charge in [0.25, 0.3) is 0 Å². The summed E-state index contributed by atoms with van der Waals surface area (Å²) in [6, 6.07) is 4.36. The van der Waals surface area contributed by atoms with Gasteiger partial charge in [-0.15, -0.1) is 10.2 Å². The van der Waals surface area contributed by atoms with Crippen LogP contribution in [0.4, 0.5) is 0 Å². The van der Waals surface area contributed by atoms with Gasteiger partial charge in [0.1, 0.15) is 0 Å². The summed E-state index contributed by atoms with van der Waals surface area (Å²) in [7, 11) is -4.94. The molecule has 1 saturated carbocycles. The SMILES string of the molecule is CCCCCCCC1CCC(c2ccc(C)c[o+]2)CC1.[O-][Cl+3]([O-])([O-])[O-]. The quantitative estimate of drug-likeness (QED) is 0.534. The summed E-state index contributed by atoms with van der Waals surface area (Å²) in [5.41, 5.74) is 1.22. The highest BCUT2D eigenvalue weighted by atomic mass is 35.7. The lowest BCUT2D eigenvalue weighted by Gasteiger charge is -2.25. The maximum Gasteiger partial charge on any atom is 0.332 e. The van der Waals surface area contributed by atoms with Crippen LogP contribution in [-0.2, 0) is 0 Å². The molecule has 2 rings (SSSR count). The van der Waals surface area contributed by atoms with Crippen molar-refractivity contribution in [3.63, 3.8) is 0 Å². The number of hydrogen-bond donors (Lipinski definition) is 0. The Kier molecular flexibility index (Phi) is 10.5. The average Bonchev–Trinajstić information content (AvgIpc) is 2.55. The van der Waals surface area contributed by atoms with Crippen LogP contribution in [0.3, 0.4) is 0 Å². The van der Waals surface area contributed by atoms with E-state index in [-0.39, 0.29) is 0 Å². The summed E-state index contributed by atoms with van der Waals surface area (Å²) in [6.07, 6.45) is 15.9. The van der Waals surface area contributed by atoms with Crippen molar-refractivity contribution in [3.8, 4) is 0 Å². The van der Waals surface area contributed by atoms with Gasteiger partial charge in [-0.05, 0) is 44.6 Å². The van der Waals surface area contributed by atoms with Gasteiger partial charge in [-0.25, -0.2) is 23.1 Å². The van der Waals surface area contributed by atoms with Gasteiger partial charge in [0.2, 0.25) is 0 Å². The highest BCUT2D eigenvalue weighted by Gasteiger charge is 2.28. The van der Waals surface area contributed by atoms with Gasteiger partial charge in [0.05, 0.1) is 5.92 Å². The van der Waals surface area contributed by atoms with E-state index in [1.165, 1.54) is 75.5 Å². The van der Waals surface area contributed by atoms with E-state index in [4.69, 9.17) is 23.1 Å². The van der Waals surface area contributed by atoms with Gasteiger partial charge in [0, 0.05) is 11.6 Å². The molecule has 1 heterocycles. The Morgan fingerprint density at radius 3 is 2.08 bits per heavy atom. The fraction of sp³-hybridized carbons (Fsp3) is 0.737. The predicted octanol–water partition coefficient (Wildman–Crippen LogP) is 1.75. The topological polar surface area (TPSA) is 104 Å². The lowest BCUT2D eigenvalue weighted by atomic mass is 9.78. The molecule has 25 heavy (non-hydrogen) atoms. The van der Waals surface area contributed by atoms with Crippen LogP contribution in [0.2, 0.25) is 0 Å². The van der Waals surface area contributed by atoms with Crippen molar-refractivity contribution in [1.29, 1.82) is 0 Å². The van der Waals surface area contributed by atoms with Crippen molar-refractivity contribution < 1.29 is 33.3 Å². The second kappa shape index (κ2) is 11.8. The number of halogens is 1. The fourth-order valence-electron chi connectivity index (χ4n) is 3.46. The number of hydrogen-bond acceptors (Lipinski definition) is 4. The first-order chi connectivity index (χ1) is 11.8. The molecule has 1 aliphatic rings. The van der Waals surface area contributed by atoms with Crippen molar-refractivity contribution in [2.24, 2.45) is 5.92 Å². The Hall–Kier alpha value is -0.720. The van der Waals surface area contributed by atoms with Gasteiger partial charge in [0.15, 0.2) is 0 Å². The molecule has 0 N–H and O–H groups in total. The van der Waals surface area contributed by atoms with Crippen LogP contribution in [-0.4, -0.2) is 0 Å². The minimum atomic E-state index is -4.94. The number of rotatable bonds is 7. The summed E-state index contributed by atoms with van der Waals surface area (Å²) in [4.78, 5) is 0. The van der Waals surface area contributed by atoms with Crippen molar-refractivity contribution in [2.75, 3.05) is 0 Å². The van der Waals surface area contributed by atoms with Crippen molar-refractivity contribution >= 4 is 0 Å². The molecule has 6 heteroatoms. The van der Waals surface area contributed by atoms with Crippen LogP contribution in [0.1, 0.15) is 88.4 Å². The largest absolute Gasteiger partial charge is 0.332 e. The Morgan fingerprint density at radius 1 is 0.960 bits per heavy atom. The first-order valence-corrected chi connectivity index (χ1v) is 10.5. The van der Waals surface area contributed by atoms with Crippen LogP contribution in [0.5, 0.6) is 0 Å². The van der Waals surface area contributed by atoms with E-state index in [0.717, 1.165) is 5.92 Å². The molecule has 1 aromatic heterocycles. The van der Waals surface area contributed by atoms with E-state index >= 15 is 0 Å². The molecule has 5 nitrogen and oxygen atoms in total. The zero-order valence-corrected chi connectivity index (χ0v) is 16.1. The van der Waals surface area contributed by atoms with Gasteiger partial charge >= 0.3 is 12.0 Å². The molecule has 1 aromatic rings. The summed E-state index contributed by atoms with van der Waals surface area (Å²) in [6.45, 7) is 4.38. The monoisotopic (exact) mass is 374 g/mol. The van der Waals surface area contributed by atoms with Gasteiger partial charge < -0.3 is 0 Å². The zero-order chi connectivity index (χ0) is 18.7. The fourth-order valence-corrected chi connectivity index (χ4v) is 3.46. The molecule has 0 spiro atoms. The molecule has 0 aromatic carbocycles. The van der Waals surface area contributed by atoms with Gasteiger partial charge in [-0.2, -0.15) is 0 Å². The molecule has 1 aliphatic carbocycles. The average molecular weight is 375 g/mol. The lowest BCUT2D eigenvalue weighted by Crippen LogP contribution is -2.68. The minimum absolute atomic E-state index is 0.673. The van der Waals surface area contributed by atoms with Crippen LogP contribution >= 0.6 is 0 Å². The second-order valence-corrected chi connectivity index (χ2v) is 7.77. The van der Waals surface area contributed by atoms with Crippen LogP contribution < -0.4 is 18.6 Å². The molecule has 0 atom stereocenters. The summed E-state index contributed by atoms with van der Waals surface area (Å²) in [5, 5.41) is 0. The van der Waals surface area contributed by atoms with Crippen molar-refractivity contribution in [1.82, 2.24) is 0 Å². The Balaban J connectivity index is 0.000000550. The molecular weight excluding hydrogens is 344 g/mol. The minimum Gasteiger partial charge on any atom is -0.222 e. The number of aryl methyl sites for hydroxylation is 1. The van der Waals surface area contributed by atoms with E-state index in [1.54, 1.807) is 0 Å². The molecular formula is C19H31ClO5. The standard InChI is InChI=1S/C19H31O.ClHO4/c1-3-4-5-6-7-8-17-10-12-18(13-11-17)19-14-9-16(2)15-20-19;2-1(3,4)5/h9,14-15,17-18H,3-8,10-13H2,1-2H3;(H,2,3,4,5)/q+1;/p-1. The predicted molar refractivity (Wildman–Crippen MR) is 85.9 cm³/mol. The third-order valence-electron chi connectivity index (χ3n) is 4.86. The summed E-state index contributed by atoms with van der Waals surface area (Å²) in [5.74, 6) is 2.86. The first kappa shape index (κ1) is 22.3. The first-order valence-electron chi connectivity index (χ1n) is 9.29. The Morgan fingerprint density at radius 2 is 1.56 bits per heavy atom. The molecule has 0 aliphatic heterocycles. The Labute approximate surface area is 153 Å². The zero-order valence-electron chi connectivity index (χ0n) is 15.4. The van der Waals surface area contributed by atoms with E-state index < -0.39 is 10.2 Å². The summed E-state index contributed by atoms with van der Waals surface area (Å²) >= 11 is 0. The molecule has 0 amide bonds. The van der Waals surface area contributed by atoms with Crippen LogP contribution in [0.15, 0.2) is 22.8 Å². The van der Waals surface area contributed by atoms with E-state index in [1.807, 2.05) is 6.26 Å². The Bertz CT molecular complexity index is 444. The third kappa shape index (κ3) is 11.5. The normalized spacial score (nSPS) is 20.7. The molecule has 0 bridgehead atoms. The molecule has 0 radical (unpaired) electrons. The highest BCUT2D eigenvalue weighted by molar-refractivity contribution is 5.12. The smallest absolute Gasteiger partial charge is 0.222 e. The summed E-state index contributed by atoms with van der Waals surface area (Å²) < 4.78 is 39.7. The van der Waals surface area contributed by atoms with Gasteiger partial charge in [-0.1, -0.05) is 45.4 Å². The number of unbranched alkanes of at least 4 members (excludes halogenated alkanes) is 4. The van der Waals surface area contributed by atoms with E-state index in [0.29, 0.717) is 5.92 Å². The molecule has 0 unspecified atom stereocenters. The van der Waals surface area contributed by atoms with Crippen LogP contribution in [0.25, 0.3) is 0 Å². The maximum absolute atomic E-state index is 8.49. The maximum atomic E-state index is 8.49. The molecule has 0 saturated heterocycles. The van der Waals surface area contributed by atoms with Crippen molar-refractivity contribution in [2.45, 2.75) is 84.0 Å². The van der Waals surface area contributed by atoms with Crippen LogP contribution in [0, 0.1) is 23.1 Å². The van der Waals surface area contributed by atoms with E-state index in [2.05, 4.69) is 26.0 Å². The van der Waals surface area contributed by atoms with Gasteiger partial charge in [-0.3, -0.25) is 0 Å². The lowest BCUT2D eigenvalue weighted by molar-refractivity contribution is -2.00. The highest BCUT2D eigenvalue weighted by Crippen LogP contribution is 2.37. The van der Waals surface area contributed by atoms with Crippen molar-refractivity contribution in [3.05, 3.63) is 29.7 Å². The molecule has 144 valence electrons.